The minimum absolute atomic E-state index is 0.00895. The van der Waals surface area contributed by atoms with E-state index in [0.29, 0.717) is 24.3 Å². The summed E-state index contributed by atoms with van der Waals surface area (Å²) in [5.41, 5.74) is 1.90. The fraction of sp³-hybridized carbons (Fsp3) is 0.286. The van der Waals surface area contributed by atoms with Crippen molar-refractivity contribution in [2.24, 2.45) is 0 Å². The zero-order chi connectivity index (χ0) is 19.9. The number of amides is 1. The molecule has 0 saturated heterocycles. The Morgan fingerprint density at radius 2 is 1.86 bits per heavy atom. The Balaban J connectivity index is 1.59. The van der Waals surface area contributed by atoms with Crippen LogP contribution in [0.4, 0.5) is 0 Å². The van der Waals surface area contributed by atoms with Crippen molar-refractivity contribution in [3.05, 3.63) is 60.2 Å². The van der Waals surface area contributed by atoms with E-state index in [0.717, 1.165) is 16.9 Å². The number of carbonyl (C=O) groups excluding carboxylic acids is 1. The standard InChI is InChI=1S/C21H23N3O3S/c1-4-26-18-12-10-17(11-13-18)19-22-23-21(27-19)28-15(2)20(25)24(3)14-16-8-6-5-7-9-16/h5-13,15H,4,14H2,1-3H3/t15-/m1/s1. The van der Waals surface area contributed by atoms with Crippen LogP contribution in [-0.2, 0) is 11.3 Å². The molecule has 1 atom stereocenters. The van der Waals surface area contributed by atoms with Gasteiger partial charge in [0, 0.05) is 19.2 Å². The van der Waals surface area contributed by atoms with E-state index in [4.69, 9.17) is 9.15 Å². The number of nitrogens with zero attached hydrogens (tertiary/aromatic N) is 3. The number of carbonyl (C=O) groups is 1. The van der Waals surface area contributed by atoms with Gasteiger partial charge in [-0.05, 0) is 43.7 Å². The Kier molecular flexibility index (Phi) is 6.71. The van der Waals surface area contributed by atoms with Crippen molar-refractivity contribution < 1.29 is 13.9 Å². The van der Waals surface area contributed by atoms with Gasteiger partial charge in [-0.3, -0.25) is 4.79 Å². The molecule has 0 bridgehead atoms. The highest BCUT2D eigenvalue weighted by atomic mass is 32.2. The van der Waals surface area contributed by atoms with E-state index in [1.807, 2.05) is 68.4 Å². The predicted molar refractivity (Wildman–Crippen MR) is 109 cm³/mol. The van der Waals surface area contributed by atoms with Crippen LogP contribution < -0.4 is 4.74 Å². The fourth-order valence-electron chi connectivity index (χ4n) is 2.68. The smallest absolute Gasteiger partial charge is 0.277 e. The molecular formula is C21H23N3O3S. The molecule has 0 aliphatic carbocycles. The SMILES string of the molecule is CCOc1ccc(-c2nnc(S[C@H](C)C(=O)N(C)Cc3ccccc3)o2)cc1. The van der Waals surface area contributed by atoms with Crippen molar-refractivity contribution in [1.29, 1.82) is 0 Å². The maximum absolute atomic E-state index is 12.6. The second-order valence-electron chi connectivity index (χ2n) is 6.27. The van der Waals surface area contributed by atoms with Gasteiger partial charge in [-0.1, -0.05) is 42.1 Å². The van der Waals surface area contributed by atoms with Crippen LogP contribution in [0.1, 0.15) is 19.4 Å². The Labute approximate surface area is 168 Å². The maximum Gasteiger partial charge on any atom is 0.277 e. The molecule has 146 valence electrons. The van der Waals surface area contributed by atoms with E-state index in [1.165, 1.54) is 11.8 Å². The van der Waals surface area contributed by atoms with E-state index >= 15 is 0 Å². The molecule has 3 aromatic rings. The number of ether oxygens (including phenoxy) is 1. The number of aromatic nitrogens is 2. The lowest BCUT2D eigenvalue weighted by atomic mass is 10.2. The molecule has 28 heavy (non-hydrogen) atoms. The average Bonchev–Trinajstić information content (AvgIpc) is 3.17. The molecule has 0 spiro atoms. The van der Waals surface area contributed by atoms with Gasteiger partial charge in [0.2, 0.25) is 11.8 Å². The Morgan fingerprint density at radius 3 is 2.54 bits per heavy atom. The van der Waals surface area contributed by atoms with Gasteiger partial charge >= 0.3 is 0 Å². The van der Waals surface area contributed by atoms with Crippen LogP contribution in [0.25, 0.3) is 11.5 Å². The zero-order valence-electron chi connectivity index (χ0n) is 16.2. The van der Waals surface area contributed by atoms with Crippen LogP contribution in [0, 0.1) is 0 Å². The van der Waals surface area contributed by atoms with Gasteiger partial charge < -0.3 is 14.1 Å². The number of hydrogen-bond acceptors (Lipinski definition) is 6. The van der Waals surface area contributed by atoms with Gasteiger partial charge in [-0.15, -0.1) is 10.2 Å². The summed E-state index contributed by atoms with van der Waals surface area (Å²) in [5, 5.41) is 8.19. The molecule has 3 rings (SSSR count). The fourth-order valence-corrected chi connectivity index (χ4v) is 3.48. The van der Waals surface area contributed by atoms with Gasteiger partial charge in [0.25, 0.3) is 5.22 Å². The van der Waals surface area contributed by atoms with Crippen molar-refractivity contribution in [3.8, 4) is 17.2 Å². The Hall–Kier alpha value is -2.80. The van der Waals surface area contributed by atoms with Crippen LogP contribution in [0.3, 0.4) is 0 Å². The van der Waals surface area contributed by atoms with Gasteiger partial charge in [0.05, 0.1) is 11.9 Å². The molecule has 6 nitrogen and oxygen atoms in total. The number of hydrogen-bond donors (Lipinski definition) is 0. The summed E-state index contributed by atoms with van der Waals surface area (Å²) in [7, 11) is 1.80. The van der Waals surface area contributed by atoms with E-state index < -0.39 is 0 Å². The molecule has 0 aliphatic heterocycles. The molecule has 0 aliphatic rings. The summed E-state index contributed by atoms with van der Waals surface area (Å²) in [5.74, 6) is 1.22. The van der Waals surface area contributed by atoms with Crippen LogP contribution in [0.15, 0.2) is 64.2 Å². The largest absolute Gasteiger partial charge is 0.494 e. The van der Waals surface area contributed by atoms with Crippen LogP contribution in [-0.4, -0.2) is 39.9 Å². The number of rotatable bonds is 8. The second-order valence-corrected chi connectivity index (χ2v) is 7.56. The van der Waals surface area contributed by atoms with E-state index in [9.17, 15) is 4.79 Å². The molecule has 0 fully saturated rings. The van der Waals surface area contributed by atoms with E-state index in [1.54, 1.807) is 11.9 Å². The van der Waals surface area contributed by atoms with Crippen molar-refractivity contribution in [2.45, 2.75) is 30.9 Å². The summed E-state index contributed by atoms with van der Waals surface area (Å²) in [6, 6.07) is 17.4. The Bertz CT molecular complexity index is 897. The third-order valence-electron chi connectivity index (χ3n) is 4.08. The first kappa shape index (κ1) is 19.9. The van der Waals surface area contributed by atoms with Gasteiger partial charge in [-0.25, -0.2) is 0 Å². The van der Waals surface area contributed by atoms with Crippen molar-refractivity contribution in [2.75, 3.05) is 13.7 Å². The molecule has 1 heterocycles. The summed E-state index contributed by atoms with van der Waals surface area (Å²) in [4.78, 5) is 14.3. The summed E-state index contributed by atoms with van der Waals surface area (Å²) < 4.78 is 11.2. The molecule has 1 aromatic heterocycles. The van der Waals surface area contributed by atoms with Gasteiger partial charge in [0.1, 0.15) is 5.75 Å². The number of thioether (sulfide) groups is 1. The predicted octanol–water partition coefficient (Wildman–Crippen LogP) is 4.27. The summed E-state index contributed by atoms with van der Waals surface area (Å²) >= 11 is 1.26. The molecule has 0 radical (unpaired) electrons. The first-order valence-corrected chi connectivity index (χ1v) is 9.97. The van der Waals surface area contributed by atoms with Crippen LogP contribution >= 0.6 is 11.8 Å². The summed E-state index contributed by atoms with van der Waals surface area (Å²) in [6.45, 7) is 4.96. The molecular weight excluding hydrogens is 374 g/mol. The quantitative estimate of drug-likeness (QED) is 0.529. The third-order valence-corrected chi connectivity index (χ3v) is 5.00. The zero-order valence-corrected chi connectivity index (χ0v) is 17.0. The highest BCUT2D eigenvalue weighted by Crippen LogP contribution is 2.28. The van der Waals surface area contributed by atoms with Crippen molar-refractivity contribution in [3.63, 3.8) is 0 Å². The first-order valence-electron chi connectivity index (χ1n) is 9.09. The van der Waals surface area contributed by atoms with Crippen molar-refractivity contribution in [1.82, 2.24) is 15.1 Å². The molecule has 0 unspecified atom stereocenters. The number of benzene rings is 2. The van der Waals surface area contributed by atoms with E-state index in [2.05, 4.69) is 10.2 Å². The molecule has 2 aromatic carbocycles. The highest BCUT2D eigenvalue weighted by Gasteiger charge is 2.22. The van der Waals surface area contributed by atoms with Crippen molar-refractivity contribution >= 4 is 17.7 Å². The van der Waals surface area contributed by atoms with Gasteiger partial charge in [-0.2, -0.15) is 0 Å². The molecule has 1 amide bonds. The van der Waals surface area contributed by atoms with Crippen LogP contribution in [0.2, 0.25) is 0 Å². The third kappa shape index (κ3) is 5.13. The first-order chi connectivity index (χ1) is 13.6. The maximum atomic E-state index is 12.6. The lowest BCUT2D eigenvalue weighted by Crippen LogP contribution is -2.32. The molecule has 0 N–H and O–H groups in total. The summed E-state index contributed by atoms with van der Waals surface area (Å²) in [6.07, 6.45) is 0. The Morgan fingerprint density at radius 1 is 1.14 bits per heavy atom. The van der Waals surface area contributed by atoms with Gasteiger partial charge in [0.15, 0.2) is 0 Å². The lowest BCUT2D eigenvalue weighted by Gasteiger charge is -2.20. The topological polar surface area (TPSA) is 68.5 Å². The second kappa shape index (κ2) is 9.41. The monoisotopic (exact) mass is 397 g/mol. The van der Waals surface area contributed by atoms with E-state index in [-0.39, 0.29) is 11.2 Å². The minimum atomic E-state index is -0.331. The normalized spacial score (nSPS) is 11.8. The van der Waals surface area contributed by atoms with Crippen LogP contribution in [0.5, 0.6) is 5.75 Å². The highest BCUT2D eigenvalue weighted by molar-refractivity contribution is 8.00. The molecule has 7 heteroatoms. The average molecular weight is 398 g/mol. The minimum Gasteiger partial charge on any atom is -0.494 e. The molecule has 0 saturated carbocycles. The lowest BCUT2D eigenvalue weighted by molar-refractivity contribution is -0.129.